The lowest BCUT2D eigenvalue weighted by Crippen LogP contribution is -2.08. The van der Waals surface area contributed by atoms with Crippen molar-refractivity contribution in [2.24, 2.45) is 0 Å². The molecule has 3 rings (SSSR count). The quantitative estimate of drug-likeness (QED) is 0.284. The number of nitrogens with zero attached hydrogens (tertiary/aromatic N) is 2. The van der Waals surface area contributed by atoms with Crippen molar-refractivity contribution < 1.29 is 14.3 Å². The molecule has 0 aliphatic carbocycles. The standard InChI is InChI=1S/C19H21N3O3S2/c1-6-25-19(24)14-10(3)16(22-11(14)4)13(23)7-26-17-15-9(2)12(5)27-18(15)21-8-20-17/h8,22H,6-7H2,1-5H3. The normalized spacial score (nSPS) is 11.1. The summed E-state index contributed by atoms with van der Waals surface area (Å²) in [4.78, 5) is 38.8. The van der Waals surface area contributed by atoms with Gasteiger partial charge in [-0.25, -0.2) is 14.8 Å². The number of aromatic amines is 1. The molecule has 3 heterocycles. The molecule has 3 aromatic heterocycles. The summed E-state index contributed by atoms with van der Waals surface area (Å²) in [6, 6.07) is 0. The number of carbonyl (C=O) groups excluding carboxylic acids is 2. The first-order valence-electron chi connectivity index (χ1n) is 8.58. The van der Waals surface area contributed by atoms with Gasteiger partial charge in [-0.1, -0.05) is 11.8 Å². The van der Waals surface area contributed by atoms with E-state index in [1.165, 1.54) is 23.0 Å². The lowest BCUT2D eigenvalue weighted by molar-refractivity contribution is 0.0525. The van der Waals surface area contributed by atoms with Gasteiger partial charge in [-0.3, -0.25) is 4.79 Å². The molecule has 0 spiro atoms. The molecule has 0 unspecified atom stereocenters. The number of hydrogen-bond donors (Lipinski definition) is 1. The Bertz CT molecular complexity index is 1040. The molecule has 3 aromatic rings. The maximum Gasteiger partial charge on any atom is 0.340 e. The van der Waals surface area contributed by atoms with Crippen molar-refractivity contribution in [3.8, 4) is 0 Å². The Balaban J connectivity index is 1.83. The second kappa shape index (κ2) is 7.82. The van der Waals surface area contributed by atoms with Gasteiger partial charge in [0.1, 0.15) is 16.2 Å². The SMILES string of the molecule is CCOC(=O)c1c(C)[nH]c(C(=O)CSc2ncnc3sc(C)c(C)c23)c1C. The molecule has 6 nitrogen and oxygen atoms in total. The summed E-state index contributed by atoms with van der Waals surface area (Å²) in [6.07, 6.45) is 1.54. The van der Waals surface area contributed by atoms with Crippen LogP contribution in [-0.4, -0.2) is 39.1 Å². The van der Waals surface area contributed by atoms with E-state index in [1.807, 2.05) is 6.92 Å². The number of aryl methyl sites for hydroxylation is 3. The zero-order chi connectivity index (χ0) is 19.7. The van der Waals surface area contributed by atoms with Crippen molar-refractivity contribution in [3.63, 3.8) is 0 Å². The topological polar surface area (TPSA) is 84.9 Å². The molecule has 0 radical (unpaired) electrons. The number of carbonyl (C=O) groups is 2. The fraction of sp³-hybridized carbons (Fsp3) is 0.368. The molecule has 0 aromatic carbocycles. The van der Waals surface area contributed by atoms with Crippen molar-refractivity contribution in [2.45, 2.75) is 39.6 Å². The second-order valence-electron chi connectivity index (χ2n) is 6.20. The van der Waals surface area contributed by atoms with E-state index < -0.39 is 5.97 Å². The molecule has 0 bridgehead atoms. The molecule has 142 valence electrons. The molecule has 1 N–H and O–H groups in total. The predicted octanol–water partition coefficient (Wildman–Crippen LogP) is 4.40. The first kappa shape index (κ1) is 19.6. The van der Waals surface area contributed by atoms with E-state index in [2.05, 4.69) is 21.9 Å². The van der Waals surface area contributed by atoms with Crippen molar-refractivity contribution in [1.29, 1.82) is 0 Å². The van der Waals surface area contributed by atoms with E-state index in [4.69, 9.17) is 4.74 Å². The van der Waals surface area contributed by atoms with Crippen LogP contribution in [0.25, 0.3) is 10.2 Å². The number of thioether (sulfide) groups is 1. The summed E-state index contributed by atoms with van der Waals surface area (Å²) >= 11 is 3.02. The lowest BCUT2D eigenvalue weighted by atomic mass is 10.1. The van der Waals surface area contributed by atoms with Crippen LogP contribution in [0, 0.1) is 27.7 Å². The van der Waals surface area contributed by atoms with Gasteiger partial charge in [0.15, 0.2) is 5.78 Å². The number of thiophene rings is 1. The average Bonchev–Trinajstić information content (AvgIpc) is 3.09. The van der Waals surface area contributed by atoms with E-state index in [0.717, 1.165) is 20.8 Å². The number of nitrogens with one attached hydrogen (secondary N) is 1. The van der Waals surface area contributed by atoms with Gasteiger partial charge >= 0.3 is 5.97 Å². The molecule has 8 heteroatoms. The highest BCUT2D eigenvalue weighted by molar-refractivity contribution is 8.00. The predicted molar refractivity (Wildman–Crippen MR) is 108 cm³/mol. The van der Waals surface area contributed by atoms with Gasteiger partial charge < -0.3 is 9.72 Å². The Morgan fingerprint density at radius 3 is 2.63 bits per heavy atom. The van der Waals surface area contributed by atoms with E-state index in [-0.39, 0.29) is 11.5 Å². The lowest BCUT2D eigenvalue weighted by Gasteiger charge is -2.04. The first-order chi connectivity index (χ1) is 12.8. The van der Waals surface area contributed by atoms with Gasteiger partial charge in [0.25, 0.3) is 0 Å². The van der Waals surface area contributed by atoms with Crippen LogP contribution in [0.1, 0.15) is 49.5 Å². The number of rotatable bonds is 6. The fourth-order valence-corrected chi connectivity index (χ4v) is 4.99. The summed E-state index contributed by atoms with van der Waals surface area (Å²) in [5, 5.41) is 1.83. The summed E-state index contributed by atoms with van der Waals surface area (Å²) in [5.41, 5.74) is 3.33. The summed E-state index contributed by atoms with van der Waals surface area (Å²) in [7, 11) is 0. The minimum atomic E-state index is -0.405. The molecule has 0 fully saturated rings. The molecule has 27 heavy (non-hydrogen) atoms. The highest BCUT2D eigenvalue weighted by Gasteiger charge is 2.23. The number of fused-ring (bicyclic) bond motifs is 1. The van der Waals surface area contributed by atoms with Gasteiger partial charge in [0, 0.05) is 16.0 Å². The maximum absolute atomic E-state index is 12.8. The molecular formula is C19H21N3O3S2. The minimum Gasteiger partial charge on any atom is -0.462 e. The van der Waals surface area contributed by atoms with Crippen LogP contribution in [0.2, 0.25) is 0 Å². The number of hydrogen-bond acceptors (Lipinski definition) is 7. The van der Waals surface area contributed by atoms with E-state index >= 15 is 0 Å². The minimum absolute atomic E-state index is 0.0764. The summed E-state index contributed by atoms with van der Waals surface area (Å²) in [6.45, 7) is 9.70. The third-order valence-electron chi connectivity index (χ3n) is 4.47. The average molecular weight is 404 g/mol. The molecule has 0 aliphatic rings. The Labute approximate surface area is 165 Å². The van der Waals surface area contributed by atoms with Gasteiger partial charge in [-0.15, -0.1) is 11.3 Å². The zero-order valence-corrected chi connectivity index (χ0v) is 17.6. The Morgan fingerprint density at radius 2 is 1.93 bits per heavy atom. The fourth-order valence-electron chi connectivity index (χ4n) is 3.00. The largest absolute Gasteiger partial charge is 0.462 e. The van der Waals surface area contributed by atoms with Crippen LogP contribution in [-0.2, 0) is 4.74 Å². The molecule has 0 saturated carbocycles. The molecule has 0 atom stereocenters. The Morgan fingerprint density at radius 1 is 1.19 bits per heavy atom. The zero-order valence-electron chi connectivity index (χ0n) is 15.9. The first-order valence-corrected chi connectivity index (χ1v) is 10.4. The Kier molecular flexibility index (Phi) is 5.67. The molecule has 0 saturated heterocycles. The monoisotopic (exact) mass is 403 g/mol. The molecular weight excluding hydrogens is 382 g/mol. The van der Waals surface area contributed by atoms with E-state index in [9.17, 15) is 9.59 Å². The number of H-pyrrole nitrogens is 1. The van der Waals surface area contributed by atoms with Crippen LogP contribution in [0.4, 0.5) is 0 Å². The smallest absolute Gasteiger partial charge is 0.340 e. The number of ketones is 1. The summed E-state index contributed by atoms with van der Waals surface area (Å²) in [5.74, 6) is -0.256. The highest BCUT2D eigenvalue weighted by atomic mass is 32.2. The third-order valence-corrected chi connectivity index (χ3v) is 6.57. The number of Topliss-reactive ketones (excluding diaryl/α,β-unsaturated/α-hetero) is 1. The molecule has 0 aliphatic heterocycles. The maximum atomic E-state index is 12.8. The number of aromatic nitrogens is 3. The highest BCUT2D eigenvalue weighted by Crippen LogP contribution is 2.34. The number of ether oxygens (including phenoxy) is 1. The number of esters is 1. The van der Waals surface area contributed by atoms with Gasteiger partial charge in [-0.05, 0) is 45.7 Å². The van der Waals surface area contributed by atoms with Crippen molar-refractivity contribution in [3.05, 3.63) is 39.3 Å². The third kappa shape index (κ3) is 3.64. The van der Waals surface area contributed by atoms with Crippen molar-refractivity contribution in [1.82, 2.24) is 15.0 Å². The molecule has 0 amide bonds. The van der Waals surface area contributed by atoms with Crippen LogP contribution < -0.4 is 0 Å². The van der Waals surface area contributed by atoms with Crippen LogP contribution in [0.5, 0.6) is 0 Å². The second-order valence-corrected chi connectivity index (χ2v) is 8.37. The van der Waals surface area contributed by atoms with Crippen molar-refractivity contribution >= 4 is 45.1 Å². The van der Waals surface area contributed by atoms with Crippen molar-refractivity contribution in [2.75, 3.05) is 12.4 Å². The van der Waals surface area contributed by atoms with E-state index in [1.54, 1.807) is 32.1 Å². The van der Waals surface area contributed by atoms with Crippen LogP contribution in [0.15, 0.2) is 11.4 Å². The van der Waals surface area contributed by atoms with Gasteiger partial charge in [0.2, 0.25) is 0 Å². The van der Waals surface area contributed by atoms with Crippen LogP contribution in [0.3, 0.4) is 0 Å². The van der Waals surface area contributed by atoms with Gasteiger partial charge in [-0.2, -0.15) is 0 Å². The van der Waals surface area contributed by atoms with Gasteiger partial charge in [0.05, 0.1) is 23.6 Å². The summed E-state index contributed by atoms with van der Waals surface area (Å²) < 4.78 is 5.08. The van der Waals surface area contributed by atoms with E-state index in [0.29, 0.717) is 29.1 Å². The Hall–Kier alpha value is -2.19. The van der Waals surface area contributed by atoms with Crippen LogP contribution >= 0.6 is 23.1 Å².